The van der Waals surface area contributed by atoms with Crippen LogP contribution < -0.4 is 9.64 Å². The van der Waals surface area contributed by atoms with Crippen LogP contribution in [-0.4, -0.2) is 0 Å². The fourth-order valence-corrected chi connectivity index (χ4v) is 10.1. The minimum absolute atomic E-state index is 0.0213. The summed E-state index contributed by atoms with van der Waals surface area (Å²) in [6.45, 7) is 4.43. The van der Waals surface area contributed by atoms with Crippen molar-refractivity contribution in [3.05, 3.63) is 199 Å². The third-order valence-electron chi connectivity index (χ3n) is 11.8. The van der Waals surface area contributed by atoms with E-state index < -0.39 is 11.5 Å². The second kappa shape index (κ2) is 12.5. The predicted octanol–water partition coefficient (Wildman–Crippen LogP) is 16.1. The molecular weight excluding hydrogens is 723 g/mol. The Hall–Kier alpha value is -6.94. The van der Waals surface area contributed by atoms with Crippen LogP contribution in [-0.2, 0) is 5.41 Å². The van der Waals surface area contributed by atoms with E-state index in [0.717, 1.165) is 53.6 Å². The fourth-order valence-electron chi connectivity index (χ4n) is 8.98. The largest absolute Gasteiger partial charge is 0.456 e. The Labute approximate surface area is 353 Å². The van der Waals surface area contributed by atoms with Crippen LogP contribution in [0.25, 0.3) is 75.5 Å². The molecule has 10 aromatic rings. The van der Waals surface area contributed by atoms with Gasteiger partial charge in [-0.25, -0.2) is 0 Å². The lowest BCUT2D eigenvalue weighted by atomic mass is 9.81. The molecule has 2 nitrogen and oxygen atoms in total. The zero-order valence-electron chi connectivity index (χ0n) is 39.5. The lowest BCUT2D eigenvalue weighted by Crippen LogP contribution is -2.16. The highest BCUT2D eigenvalue weighted by Gasteiger charge is 2.38. The van der Waals surface area contributed by atoms with Gasteiger partial charge < -0.3 is 9.64 Å². The summed E-state index contributed by atoms with van der Waals surface area (Å²) in [6, 6.07) is 43.6. The van der Waals surface area contributed by atoms with Crippen molar-refractivity contribution in [2.45, 2.75) is 19.3 Å². The highest BCUT2D eigenvalue weighted by Crippen LogP contribution is 2.57. The van der Waals surface area contributed by atoms with E-state index >= 15 is 0 Å². The van der Waals surface area contributed by atoms with Crippen molar-refractivity contribution in [1.29, 1.82) is 0 Å². The molecule has 0 bridgehead atoms. The molecule has 1 aliphatic carbocycles. The van der Waals surface area contributed by atoms with Crippen LogP contribution in [0.5, 0.6) is 11.5 Å². The highest BCUT2D eigenvalue weighted by atomic mass is 32.1. The van der Waals surface area contributed by atoms with Gasteiger partial charge in [0.2, 0.25) is 0 Å². The number of thiophene rings is 1. The van der Waals surface area contributed by atoms with Gasteiger partial charge in [-0.1, -0.05) is 141 Å². The fraction of sp³-hybridized carbons (Fsp3) is 0.0545. The van der Waals surface area contributed by atoms with E-state index in [9.17, 15) is 11.0 Å². The number of ether oxygens (including phenoxy) is 1. The Balaban J connectivity index is 1.20. The summed E-state index contributed by atoms with van der Waals surface area (Å²) in [5, 5.41) is 2.28. The van der Waals surface area contributed by atoms with Crippen molar-refractivity contribution in [2.24, 2.45) is 0 Å². The second-order valence-corrected chi connectivity index (χ2v) is 16.5. The van der Waals surface area contributed by atoms with E-state index in [2.05, 4.69) is 74.5 Å². The molecule has 0 N–H and O–H groups in total. The molecule has 0 radical (unpaired) electrons. The molecule has 0 unspecified atom stereocenters. The molecule has 1 aliphatic heterocycles. The second-order valence-electron chi connectivity index (χ2n) is 15.4. The van der Waals surface area contributed by atoms with Gasteiger partial charge in [-0.2, -0.15) is 0 Å². The van der Waals surface area contributed by atoms with Crippen molar-refractivity contribution < 1.29 is 15.7 Å². The van der Waals surface area contributed by atoms with Gasteiger partial charge in [0.15, 0.2) is 0 Å². The summed E-state index contributed by atoms with van der Waals surface area (Å²) in [7, 11) is 0. The van der Waals surface area contributed by atoms with Crippen LogP contribution in [0, 0.1) is 0 Å². The van der Waals surface area contributed by atoms with Gasteiger partial charge in [0, 0.05) is 53.2 Å². The first-order chi connectivity index (χ1) is 31.9. The normalized spacial score (nSPS) is 15.2. The third kappa shape index (κ3) is 4.90. The smallest absolute Gasteiger partial charge is 0.136 e. The van der Waals surface area contributed by atoms with Gasteiger partial charge in [0.05, 0.1) is 22.3 Å². The molecule has 58 heavy (non-hydrogen) atoms. The summed E-state index contributed by atoms with van der Waals surface area (Å²) in [6.07, 6.45) is 0. The summed E-state index contributed by atoms with van der Waals surface area (Å²) in [5.41, 5.74) is 8.06. The topological polar surface area (TPSA) is 12.5 Å². The number of hydrogen-bond acceptors (Lipinski definition) is 3. The molecular formula is C55H37NOS. The Kier molecular flexibility index (Phi) is 5.63. The number of anilines is 3. The number of hydrogen-bond donors (Lipinski definition) is 0. The number of benzene rings is 9. The van der Waals surface area contributed by atoms with Crippen LogP contribution in [0.1, 0.15) is 35.9 Å². The molecule has 2 aliphatic rings. The van der Waals surface area contributed by atoms with Crippen molar-refractivity contribution in [3.63, 3.8) is 0 Å². The van der Waals surface area contributed by atoms with Crippen LogP contribution in [0.2, 0.25) is 0 Å². The minimum atomic E-state index is -0.452. The molecule has 9 aromatic carbocycles. The Morgan fingerprint density at radius 1 is 0.517 bits per heavy atom. The molecule has 0 saturated carbocycles. The quantitative estimate of drug-likeness (QED) is 0.173. The van der Waals surface area contributed by atoms with Crippen molar-refractivity contribution in [1.82, 2.24) is 0 Å². The lowest BCUT2D eigenvalue weighted by Gasteiger charge is -2.31. The summed E-state index contributed by atoms with van der Waals surface area (Å²) in [5.74, 6) is -0.262. The van der Waals surface area contributed by atoms with Crippen LogP contribution in [0.4, 0.5) is 17.1 Å². The molecule has 0 amide bonds. The molecule has 0 spiro atoms. The standard InChI is InChI=1S/C55H37NOS/c1-55(2)45-20-12-21-48(54(45)42-27-24-36(31-46(42)55)34-13-5-3-6-14-34)56(38-25-30-52-44(33-38)40-17-9-10-22-51(40)58-52)47-28-29-49-53-41(18-11-19-43(47)53)39-26-23-37(32-50(39)57-49)35-15-7-4-8-16-35/h3-33H,1-2H3/i11D,18D,19D,23D,26D,28D,29D,32D. The lowest BCUT2D eigenvalue weighted by molar-refractivity contribution is 0.487. The Morgan fingerprint density at radius 2 is 1.29 bits per heavy atom. The molecule has 2 heterocycles. The molecule has 12 rings (SSSR count). The zero-order valence-corrected chi connectivity index (χ0v) is 32.4. The van der Waals surface area contributed by atoms with Gasteiger partial charge >= 0.3 is 0 Å². The summed E-state index contributed by atoms with van der Waals surface area (Å²) in [4.78, 5) is 1.94. The average molecular weight is 768 g/mol. The van der Waals surface area contributed by atoms with Crippen LogP contribution in [0.3, 0.4) is 0 Å². The Morgan fingerprint density at radius 3 is 2.14 bits per heavy atom. The van der Waals surface area contributed by atoms with Gasteiger partial charge in [0.25, 0.3) is 0 Å². The molecule has 274 valence electrons. The van der Waals surface area contributed by atoms with E-state index in [1.54, 1.807) is 35.6 Å². The van der Waals surface area contributed by atoms with E-state index in [-0.39, 0.29) is 86.9 Å². The van der Waals surface area contributed by atoms with Gasteiger partial charge in [-0.05, 0) is 105 Å². The maximum Gasteiger partial charge on any atom is 0.136 e. The van der Waals surface area contributed by atoms with Gasteiger partial charge in [-0.3, -0.25) is 0 Å². The van der Waals surface area contributed by atoms with Crippen molar-refractivity contribution in [3.8, 4) is 56.0 Å². The molecule has 0 atom stereocenters. The van der Waals surface area contributed by atoms with Crippen LogP contribution >= 0.6 is 11.3 Å². The first kappa shape index (κ1) is 26.1. The predicted molar refractivity (Wildman–Crippen MR) is 245 cm³/mol. The van der Waals surface area contributed by atoms with E-state index in [0.29, 0.717) is 16.9 Å². The highest BCUT2D eigenvalue weighted by molar-refractivity contribution is 7.25. The first-order valence-electron chi connectivity index (χ1n) is 23.4. The van der Waals surface area contributed by atoms with E-state index in [1.165, 1.54) is 0 Å². The third-order valence-corrected chi connectivity index (χ3v) is 12.9. The van der Waals surface area contributed by atoms with Gasteiger partial charge in [-0.15, -0.1) is 11.3 Å². The number of rotatable bonds is 5. The van der Waals surface area contributed by atoms with Crippen molar-refractivity contribution in [2.75, 3.05) is 4.90 Å². The van der Waals surface area contributed by atoms with Crippen LogP contribution in [0.15, 0.2) is 188 Å². The summed E-state index contributed by atoms with van der Waals surface area (Å²) >= 11 is 1.68. The SMILES string of the molecule is [2H]c1c([2H])c2c(c([2H])c1-c1ccccc1)Oc1c([2H])c([2H])c(N(c3ccc4sc5ccccc5c4c3)c3cccc4c3-c3ccc(-c5ccccc5)cc3C4(C)C)c3c([2H])c([2H])c([2H])c-2c13. The zero-order chi connectivity index (χ0) is 45.5. The first-order valence-corrected chi connectivity index (χ1v) is 20.2. The number of nitrogens with zero attached hydrogens (tertiary/aromatic N) is 1. The molecule has 1 aromatic heterocycles. The minimum Gasteiger partial charge on any atom is -0.456 e. The van der Waals surface area contributed by atoms with Crippen molar-refractivity contribution >= 4 is 59.3 Å². The summed E-state index contributed by atoms with van der Waals surface area (Å²) < 4.78 is 85.1. The monoisotopic (exact) mass is 767 g/mol. The molecule has 3 heteroatoms. The van der Waals surface area contributed by atoms with Gasteiger partial charge in [0.1, 0.15) is 11.5 Å². The Bertz CT molecular complexity index is 3760. The molecule has 0 saturated heterocycles. The average Bonchev–Trinajstić information content (AvgIpc) is 3.82. The molecule has 0 fully saturated rings. The maximum atomic E-state index is 10.1. The number of fused-ring (bicyclic) bond motifs is 8. The van der Waals surface area contributed by atoms with E-state index in [1.807, 2.05) is 59.5 Å². The maximum absolute atomic E-state index is 10.1. The van der Waals surface area contributed by atoms with E-state index in [4.69, 9.17) is 4.74 Å².